The molecule has 0 saturated heterocycles. The number of thiazole rings is 1. The molecule has 0 bridgehead atoms. The molecule has 2 rings (SSSR count). The Morgan fingerprint density at radius 3 is 2.89 bits per heavy atom. The van der Waals surface area contributed by atoms with Crippen molar-refractivity contribution in [2.45, 2.75) is 25.8 Å². The van der Waals surface area contributed by atoms with Gasteiger partial charge in [0.1, 0.15) is 5.01 Å². The summed E-state index contributed by atoms with van der Waals surface area (Å²) in [6, 6.07) is 7.99. The highest BCUT2D eigenvalue weighted by Crippen LogP contribution is 2.22. The second kappa shape index (κ2) is 6.63. The van der Waals surface area contributed by atoms with Gasteiger partial charge in [0.05, 0.1) is 16.8 Å². The SMILES string of the molecule is CN(Cc1nc2ccccc2s1)C(=O)CCCCO. The van der Waals surface area contributed by atoms with Gasteiger partial charge in [-0.3, -0.25) is 4.79 Å². The summed E-state index contributed by atoms with van der Waals surface area (Å²) in [6.07, 6.45) is 1.90. The topological polar surface area (TPSA) is 53.4 Å². The van der Waals surface area contributed by atoms with Crippen molar-refractivity contribution in [1.82, 2.24) is 9.88 Å². The second-order valence-corrected chi connectivity index (χ2v) is 5.62. The van der Waals surface area contributed by atoms with E-state index >= 15 is 0 Å². The van der Waals surface area contributed by atoms with Crippen LogP contribution >= 0.6 is 11.3 Å². The molecule has 0 aliphatic heterocycles. The van der Waals surface area contributed by atoms with Crippen LogP contribution in [-0.2, 0) is 11.3 Å². The van der Waals surface area contributed by atoms with Gasteiger partial charge in [-0.25, -0.2) is 4.98 Å². The van der Waals surface area contributed by atoms with Gasteiger partial charge in [-0.1, -0.05) is 12.1 Å². The number of rotatable bonds is 6. The zero-order valence-corrected chi connectivity index (χ0v) is 11.8. The molecule has 0 aliphatic rings. The summed E-state index contributed by atoms with van der Waals surface area (Å²) in [4.78, 5) is 18.1. The monoisotopic (exact) mass is 278 g/mol. The third-order valence-corrected chi connectivity index (χ3v) is 3.96. The van der Waals surface area contributed by atoms with E-state index in [1.807, 2.05) is 24.3 Å². The lowest BCUT2D eigenvalue weighted by Gasteiger charge is -2.15. The molecule has 0 saturated carbocycles. The molecule has 1 aromatic heterocycles. The molecule has 0 aliphatic carbocycles. The Morgan fingerprint density at radius 2 is 2.16 bits per heavy atom. The van der Waals surface area contributed by atoms with Crippen LogP contribution in [0.5, 0.6) is 0 Å². The number of fused-ring (bicyclic) bond motifs is 1. The third-order valence-electron chi connectivity index (χ3n) is 2.94. The number of carbonyl (C=O) groups is 1. The average Bonchev–Trinajstić information content (AvgIpc) is 2.80. The van der Waals surface area contributed by atoms with Gasteiger partial charge in [0.2, 0.25) is 5.91 Å². The number of unbranched alkanes of at least 4 members (excludes halogenated alkanes) is 1. The van der Waals surface area contributed by atoms with Crippen molar-refractivity contribution < 1.29 is 9.90 Å². The van der Waals surface area contributed by atoms with Crippen LogP contribution < -0.4 is 0 Å². The number of amides is 1. The summed E-state index contributed by atoms with van der Waals surface area (Å²) in [5.74, 6) is 0.104. The number of benzene rings is 1. The summed E-state index contributed by atoms with van der Waals surface area (Å²) in [5, 5.41) is 9.66. The van der Waals surface area contributed by atoms with Gasteiger partial charge in [0.15, 0.2) is 0 Å². The van der Waals surface area contributed by atoms with E-state index in [0.29, 0.717) is 19.4 Å². The van der Waals surface area contributed by atoms with E-state index in [4.69, 9.17) is 5.11 Å². The van der Waals surface area contributed by atoms with E-state index in [2.05, 4.69) is 4.98 Å². The van der Waals surface area contributed by atoms with Gasteiger partial charge in [-0.15, -0.1) is 11.3 Å². The van der Waals surface area contributed by atoms with Crippen LogP contribution in [0.4, 0.5) is 0 Å². The summed E-state index contributed by atoms with van der Waals surface area (Å²) in [6.45, 7) is 0.701. The maximum absolute atomic E-state index is 11.9. The first-order chi connectivity index (χ1) is 9.20. The third kappa shape index (κ3) is 3.75. The molecule has 1 N–H and O–H groups in total. The van der Waals surface area contributed by atoms with Crippen molar-refractivity contribution in [1.29, 1.82) is 0 Å². The summed E-state index contributed by atoms with van der Waals surface area (Å²) in [7, 11) is 1.80. The normalized spacial score (nSPS) is 10.8. The van der Waals surface area contributed by atoms with E-state index in [-0.39, 0.29) is 12.5 Å². The number of aromatic nitrogens is 1. The first-order valence-corrected chi connectivity index (χ1v) is 7.21. The molecular weight excluding hydrogens is 260 g/mol. The highest BCUT2D eigenvalue weighted by molar-refractivity contribution is 7.18. The molecule has 1 amide bonds. The van der Waals surface area contributed by atoms with Gasteiger partial charge in [-0.05, 0) is 25.0 Å². The van der Waals surface area contributed by atoms with Crippen molar-refractivity contribution in [3.63, 3.8) is 0 Å². The molecular formula is C14H18N2O2S. The van der Waals surface area contributed by atoms with Crippen LogP contribution in [0, 0.1) is 0 Å². The van der Waals surface area contributed by atoms with Crippen LogP contribution in [0.1, 0.15) is 24.3 Å². The molecule has 4 nitrogen and oxygen atoms in total. The number of nitrogens with zero attached hydrogens (tertiary/aromatic N) is 2. The minimum absolute atomic E-state index is 0.104. The van der Waals surface area contributed by atoms with E-state index < -0.39 is 0 Å². The smallest absolute Gasteiger partial charge is 0.222 e. The maximum atomic E-state index is 11.9. The Morgan fingerprint density at radius 1 is 1.37 bits per heavy atom. The van der Waals surface area contributed by atoms with Gasteiger partial charge in [0, 0.05) is 20.1 Å². The first kappa shape index (κ1) is 14.0. The molecule has 1 heterocycles. The van der Waals surface area contributed by atoms with Gasteiger partial charge >= 0.3 is 0 Å². The van der Waals surface area contributed by atoms with Gasteiger partial charge in [0.25, 0.3) is 0 Å². The summed E-state index contributed by atoms with van der Waals surface area (Å²) in [5.41, 5.74) is 0.989. The predicted molar refractivity (Wildman–Crippen MR) is 77.0 cm³/mol. The van der Waals surface area contributed by atoms with E-state index in [1.165, 1.54) is 0 Å². The Kier molecular flexibility index (Phi) is 4.87. The number of aliphatic hydroxyl groups is 1. The molecule has 5 heteroatoms. The largest absolute Gasteiger partial charge is 0.396 e. The van der Waals surface area contributed by atoms with Crippen LogP contribution in [0.25, 0.3) is 10.2 Å². The maximum Gasteiger partial charge on any atom is 0.222 e. The molecule has 1 aromatic carbocycles. The first-order valence-electron chi connectivity index (χ1n) is 6.40. The highest BCUT2D eigenvalue weighted by atomic mass is 32.1. The molecule has 0 unspecified atom stereocenters. The van der Waals surface area contributed by atoms with E-state index in [0.717, 1.165) is 21.6 Å². The molecule has 0 fully saturated rings. The molecule has 0 atom stereocenters. The summed E-state index contributed by atoms with van der Waals surface area (Å²) >= 11 is 1.63. The Balaban J connectivity index is 1.94. The zero-order chi connectivity index (χ0) is 13.7. The van der Waals surface area contributed by atoms with Crippen molar-refractivity contribution in [2.24, 2.45) is 0 Å². The molecule has 102 valence electrons. The van der Waals surface area contributed by atoms with E-state index in [1.54, 1.807) is 23.3 Å². The quantitative estimate of drug-likeness (QED) is 0.826. The molecule has 0 radical (unpaired) electrons. The average molecular weight is 278 g/mol. The lowest BCUT2D eigenvalue weighted by atomic mass is 10.2. The number of hydrogen-bond donors (Lipinski definition) is 1. The van der Waals surface area contributed by atoms with Crippen molar-refractivity contribution in [3.8, 4) is 0 Å². The lowest BCUT2D eigenvalue weighted by Crippen LogP contribution is -2.25. The van der Waals surface area contributed by atoms with Crippen LogP contribution in [-0.4, -0.2) is 34.6 Å². The number of aliphatic hydroxyl groups excluding tert-OH is 1. The van der Waals surface area contributed by atoms with Crippen LogP contribution in [0.3, 0.4) is 0 Å². The Hall–Kier alpha value is -1.46. The number of para-hydroxylation sites is 1. The standard InChI is InChI=1S/C14H18N2O2S/c1-16(14(18)8-4-5-9-17)10-13-15-11-6-2-3-7-12(11)19-13/h2-3,6-7,17H,4-5,8-10H2,1H3. The highest BCUT2D eigenvalue weighted by Gasteiger charge is 2.11. The number of hydrogen-bond acceptors (Lipinski definition) is 4. The molecule has 19 heavy (non-hydrogen) atoms. The fourth-order valence-electron chi connectivity index (χ4n) is 1.86. The minimum Gasteiger partial charge on any atom is -0.396 e. The Labute approximate surface area is 116 Å². The Bertz CT molecular complexity index is 520. The zero-order valence-electron chi connectivity index (χ0n) is 11.0. The molecule has 0 spiro atoms. The molecule has 2 aromatic rings. The fraction of sp³-hybridized carbons (Fsp3) is 0.429. The van der Waals surface area contributed by atoms with Crippen molar-refractivity contribution in [2.75, 3.05) is 13.7 Å². The predicted octanol–water partition coefficient (Wildman–Crippen LogP) is 2.42. The second-order valence-electron chi connectivity index (χ2n) is 4.51. The fourth-order valence-corrected chi connectivity index (χ4v) is 2.88. The van der Waals surface area contributed by atoms with Gasteiger partial charge in [-0.2, -0.15) is 0 Å². The summed E-state index contributed by atoms with van der Waals surface area (Å²) < 4.78 is 1.15. The van der Waals surface area contributed by atoms with Crippen molar-refractivity contribution in [3.05, 3.63) is 29.3 Å². The number of carbonyl (C=O) groups excluding carboxylic acids is 1. The van der Waals surface area contributed by atoms with Gasteiger partial charge < -0.3 is 10.0 Å². The van der Waals surface area contributed by atoms with Crippen LogP contribution in [0.15, 0.2) is 24.3 Å². The van der Waals surface area contributed by atoms with Crippen molar-refractivity contribution >= 4 is 27.5 Å². The van der Waals surface area contributed by atoms with E-state index in [9.17, 15) is 4.79 Å². The lowest BCUT2D eigenvalue weighted by molar-refractivity contribution is -0.130. The van der Waals surface area contributed by atoms with Crippen LogP contribution in [0.2, 0.25) is 0 Å². The minimum atomic E-state index is 0.104.